The first kappa shape index (κ1) is 11.6. The first-order valence-electron chi connectivity index (χ1n) is 5.71. The number of hydrogen-bond donors (Lipinski definition) is 0. The lowest BCUT2D eigenvalue weighted by molar-refractivity contribution is -0.121. The fourth-order valence-electron chi connectivity index (χ4n) is 1.89. The van der Waals surface area contributed by atoms with E-state index in [1.807, 2.05) is 6.92 Å². The lowest BCUT2D eigenvalue weighted by atomic mass is 10.1. The van der Waals surface area contributed by atoms with Gasteiger partial charge in [-0.05, 0) is 31.5 Å². The Morgan fingerprint density at radius 1 is 1.47 bits per heavy atom. The van der Waals surface area contributed by atoms with E-state index >= 15 is 0 Å². The number of hydrogen-bond acceptors (Lipinski definition) is 3. The van der Waals surface area contributed by atoms with Gasteiger partial charge in [0.1, 0.15) is 5.75 Å². The summed E-state index contributed by atoms with van der Waals surface area (Å²) in [5.41, 5.74) is 1.30. The Kier molecular flexibility index (Phi) is 3.13. The van der Waals surface area contributed by atoms with Crippen molar-refractivity contribution < 1.29 is 14.3 Å². The third-order valence-electron chi connectivity index (χ3n) is 2.76. The molecular weight excluding hydrogens is 218 g/mol. The molecular formula is C13H15NO3. The van der Waals surface area contributed by atoms with Gasteiger partial charge in [0.25, 0.3) is 5.91 Å². The van der Waals surface area contributed by atoms with Gasteiger partial charge in [-0.1, -0.05) is 6.92 Å². The molecule has 4 heteroatoms. The summed E-state index contributed by atoms with van der Waals surface area (Å²) < 4.78 is 5.34. The van der Waals surface area contributed by atoms with E-state index in [0.717, 1.165) is 6.42 Å². The van der Waals surface area contributed by atoms with Crippen LogP contribution in [0.25, 0.3) is 0 Å². The van der Waals surface area contributed by atoms with Gasteiger partial charge < -0.3 is 9.64 Å². The van der Waals surface area contributed by atoms with Crippen molar-refractivity contribution in [3.8, 4) is 5.75 Å². The first-order chi connectivity index (χ1) is 8.13. The van der Waals surface area contributed by atoms with Crippen molar-refractivity contribution in [2.24, 2.45) is 0 Å². The Hall–Kier alpha value is -1.84. The third-order valence-corrected chi connectivity index (χ3v) is 2.76. The normalized spacial score (nSPS) is 14.2. The van der Waals surface area contributed by atoms with Gasteiger partial charge in [-0.2, -0.15) is 0 Å². The van der Waals surface area contributed by atoms with E-state index in [0.29, 0.717) is 23.5 Å². The fraction of sp³-hybridized carbons (Fsp3) is 0.385. The molecule has 0 saturated carbocycles. The van der Waals surface area contributed by atoms with Crippen LogP contribution in [0.2, 0.25) is 0 Å². The molecule has 0 bridgehead atoms. The Bertz CT molecular complexity index is 468. The summed E-state index contributed by atoms with van der Waals surface area (Å²) in [7, 11) is 0. The predicted octanol–water partition coefficient (Wildman–Crippen LogP) is 2.02. The van der Waals surface area contributed by atoms with Crippen LogP contribution in [0.1, 0.15) is 30.6 Å². The molecule has 1 aromatic carbocycles. The maximum Gasteiger partial charge on any atom is 0.265 e. The zero-order valence-electron chi connectivity index (χ0n) is 10.0. The van der Waals surface area contributed by atoms with E-state index in [9.17, 15) is 9.59 Å². The van der Waals surface area contributed by atoms with E-state index in [1.54, 1.807) is 23.1 Å². The summed E-state index contributed by atoms with van der Waals surface area (Å²) in [6, 6.07) is 5.20. The maximum absolute atomic E-state index is 11.7. The highest BCUT2D eigenvalue weighted by Crippen LogP contribution is 2.33. The molecule has 0 fully saturated rings. The molecule has 0 aromatic heterocycles. The molecule has 0 aliphatic carbocycles. The molecule has 1 aromatic rings. The molecule has 0 radical (unpaired) electrons. The van der Waals surface area contributed by atoms with Crippen LogP contribution in [-0.4, -0.2) is 24.8 Å². The first-order valence-corrected chi connectivity index (χ1v) is 5.71. The van der Waals surface area contributed by atoms with Crippen molar-refractivity contribution >= 4 is 17.4 Å². The maximum atomic E-state index is 11.7. The van der Waals surface area contributed by atoms with E-state index < -0.39 is 0 Å². The second kappa shape index (κ2) is 4.57. The Morgan fingerprint density at radius 2 is 2.24 bits per heavy atom. The highest BCUT2D eigenvalue weighted by atomic mass is 16.5. The van der Waals surface area contributed by atoms with E-state index in [2.05, 4.69) is 0 Å². The molecule has 1 amide bonds. The molecule has 17 heavy (non-hydrogen) atoms. The second-order valence-corrected chi connectivity index (χ2v) is 4.07. The number of carbonyl (C=O) groups excluding carboxylic acids is 2. The molecule has 0 unspecified atom stereocenters. The van der Waals surface area contributed by atoms with Gasteiger partial charge >= 0.3 is 0 Å². The van der Waals surface area contributed by atoms with Gasteiger partial charge in [0.15, 0.2) is 12.4 Å². The van der Waals surface area contributed by atoms with Crippen LogP contribution in [0.3, 0.4) is 0 Å². The van der Waals surface area contributed by atoms with Crippen molar-refractivity contribution in [1.82, 2.24) is 0 Å². The number of ether oxygens (including phenoxy) is 1. The largest absolute Gasteiger partial charge is 0.482 e. The highest BCUT2D eigenvalue weighted by molar-refractivity contribution is 6.01. The third kappa shape index (κ3) is 2.16. The van der Waals surface area contributed by atoms with Crippen LogP contribution in [0.5, 0.6) is 5.75 Å². The van der Waals surface area contributed by atoms with E-state index in [-0.39, 0.29) is 18.3 Å². The van der Waals surface area contributed by atoms with Crippen molar-refractivity contribution in [2.45, 2.75) is 20.3 Å². The van der Waals surface area contributed by atoms with E-state index in [1.165, 1.54) is 6.92 Å². The Labute approximate surface area is 100 Å². The fourth-order valence-corrected chi connectivity index (χ4v) is 1.89. The zero-order chi connectivity index (χ0) is 12.4. The molecule has 0 N–H and O–H groups in total. The molecule has 2 rings (SSSR count). The summed E-state index contributed by atoms with van der Waals surface area (Å²) in [5, 5.41) is 0. The molecule has 90 valence electrons. The summed E-state index contributed by atoms with van der Waals surface area (Å²) >= 11 is 0. The van der Waals surface area contributed by atoms with Crippen LogP contribution >= 0.6 is 0 Å². The Morgan fingerprint density at radius 3 is 2.88 bits per heavy atom. The second-order valence-electron chi connectivity index (χ2n) is 4.07. The minimum Gasteiger partial charge on any atom is -0.482 e. The smallest absolute Gasteiger partial charge is 0.265 e. The molecule has 0 atom stereocenters. The molecule has 1 aliphatic rings. The quantitative estimate of drug-likeness (QED) is 0.750. The average molecular weight is 233 g/mol. The number of Topliss-reactive ketones (excluding diaryl/α,β-unsaturated/α-hetero) is 1. The van der Waals surface area contributed by atoms with Gasteiger partial charge in [0, 0.05) is 12.1 Å². The number of carbonyl (C=O) groups is 2. The Balaban J connectivity index is 2.44. The van der Waals surface area contributed by atoms with Crippen LogP contribution in [0.4, 0.5) is 5.69 Å². The minimum absolute atomic E-state index is 0.0118. The number of benzene rings is 1. The molecule has 4 nitrogen and oxygen atoms in total. The van der Waals surface area contributed by atoms with Crippen molar-refractivity contribution in [1.29, 1.82) is 0 Å². The van der Waals surface area contributed by atoms with Crippen molar-refractivity contribution in [2.75, 3.05) is 18.1 Å². The number of fused-ring (bicyclic) bond motifs is 1. The standard InChI is InChI=1S/C13H15NO3/c1-3-6-14-11-7-10(9(2)15)4-5-12(11)17-8-13(14)16/h4-5,7H,3,6,8H2,1-2H3. The lowest BCUT2D eigenvalue weighted by Gasteiger charge is -2.29. The summed E-state index contributed by atoms with van der Waals surface area (Å²) in [6.45, 7) is 4.25. The van der Waals surface area contributed by atoms with E-state index in [4.69, 9.17) is 4.74 Å². The van der Waals surface area contributed by atoms with Crippen LogP contribution in [0, 0.1) is 0 Å². The van der Waals surface area contributed by atoms with Gasteiger partial charge in [-0.25, -0.2) is 0 Å². The summed E-state index contributed by atoms with van der Waals surface area (Å²) in [6.07, 6.45) is 0.871. The van der Waals surface area contributed by atoms with Gasteiger partial charge in [0.2, 0.25) is 0 Å². The number of anilines is 1. The average Bonchev–Trinajstić information content (AvgIpc) is 2.32. The highest BCUT2D eigenvalue weighted by Gasteiger charge is 2.25. The molecule has 1 heterocycles. The predicted molar refractivity (Wildman–Crippen MR) is 64.6 cm³/mol. The monoisotopic (exact) mass is 233 g/mol. The van der Waals surface area contributed by atoms with Crippen LogP contribution in [0.15, 0.2) is 18.2 Å². The molecule has 0 spiro atoms. The molecule has 1 aliphatic heterocycles. The topological polar surface area (TPSA) is 46.6 Å². The zero-order valence-corrected chi connectivity index (χ0v) is 10.0. The summed E-state index contributed by atoms with van der Waals surface area (Å²) in [5.74, 6) is 0.602. The number of nitrogens with zero attached hydrogens (tertiary/aromatic N) is 1. The number of ketones is 1. The summed E-state index contributed by atoms with van der Waals surface area (Å²) in [4.78, 5) is 24.8. The molecule has 0 saturated heterocycles. The van der Waals surface area contributed by atoms with Gasteiger partial charge in [0.05, 0.1) is 5.69 Å². The SMILES string of the molecule is CCCN1C(=O)COc2ccc(C(C)=O)cc21. The van der Waals surface area contributed by atoms with Crippen molar-refractivity contribution in [3.05, 3.63) is 23.8 Å². The minimum atomic E-state index is -0.0555. The van der Waals surface area contributed by atoms with Crippen LogP contribution < -0.4 is 9.64 Å². The van der Waals surface area contributed by atoms with Crippen molar-refractivity contribution in [3.63, 3.8) is 0 Å². The van der Waals surface area contributed by atoms with Gasteiger partial charge in [-0.3, -0.25) is 9.59 Å². The van der Waals surface area contributed by atoms with Crippen LogP contribution in [-0.2, 0) is 4.79 Å². The lowest BCUT2D eigenvalue weighted by Crippen LogP contribution is -2.39. The number of rotatable bonds is 3. The van der Waals surface area contributed by atoms with Gasteiger partial charge in [-0.15, -0.1) is 0 Å². The number of amides is 1.